The summed E-state index contributed by atoms with van der Waals surface area (Å²) >= 11 is 0. The van der Waals surface area contributed by atoms with Gasteiger partial charge in [0.15, 0.2) is 0 Å². The van der Waals surface area contributed by atoms with Crippen molar-refractivity contribution >= 4 is 8.81 Å². The molecule has 0 radical (unpaired) electrons. The average molecular weight is 167 g/mol. The quantitative estimate of drug-likeness (QED) is 0.259. The highest BCUT2D eigenvalue weighted by atomic mass is 31.1. The molecule has 6 nitrogen and oxygen atoms in total. The zero-order valence-corrected chi connectivity index (χ0v) is 6.46. The van der Waals surface area contributed by atoms with E-state index in [1.165, 1.54) is 7.11 Å². The normalized spacial score (nSPS) is 38.4. The first-order valence-electron chi connectivity index (χ1n) is 2.55. The molecule has 0 aromatic rings. The lowest BCUT2D eigenvalue weighted by atomic mass is 10.4. The van der Waals surface area contributed by atoms with Crippen molar-refractivity contribution in [3.63, 3.8) is 0 Å². The Balaban J connectivity index is 2.53. The molecule has 2 unspecified atom stereocenters. The molecule has 7 heteroatoms. The van der Waals surface area contributed by atoms with Crippen molar-refractivity contribution in [3.8, 4) is 0 Å². The molecule has 1 saturated heterocycles. The molecule has 0 aliphatic carbocycles. The highest BCUT2D eigenvalue weighted by Gasteiger charge is 2.58. The first-order valence-corrected chi connectivity index (χ1v) is 3.46. The monoisotopic (exact) mass is 167 g/mol. The van der Waals surface area contributed by atoms with Gasteiger partial charge in [0.05, 0.1) is 8.81 Å². The molecule has 1 aliphatic heterocycles. The van der Waals surface area contributed by atoms with E-state index < -0.39 is 11.3 Å². The van der Waals surface area contributed by atoms with Gasteiger partial charge in [0.1, 0.15) is 0 Å². The summed E-state index contributed by atoms with van der Waals surface area (Å²) in [6.45, 7) is 0. The summed E-state index contributed by atoms with van der Waals surface area (Å²) in [6.07, 6.45) is 0. The van der Waals surface area contributed by atoms with Crippen LogP contribution in [0.1, 0.15) is 0 Å². The molecular weight excluding hydrogens is 157 g/mol. The van der Waals surface area contributed by atoms with Gasteiger partial charge in [-0.2, -0.15) is 9.78 Å². The van der Waals surface area contributed by atoms with Crippen molar-refractivity contribution in [3.05, 3.63) is 0 Å². The first kappa shape index (κ1) is 8.29. The van der Waals surface area contributed by atoms with Crippen molar-refractivity contribution in [2.45, 2.75) is 11.3 Å². The second kappa shape index (κ2) is 2.35. The first-order chi connectivity index (χ1) is 4.52. The molecule has 0 aromatic carbocycles. The molecule has 0 spiro atoms. The van der Waals surface area contributed by atoms with E-state index in [9.17, 15) is 0 Å². The highest BCUT2D eigenvalue weighted by Crippen LogP contribution is 2.42. The van der Waals surface area contributed by atoms with Crippen LogP contribution in [0.15, 0.2) is 0 Å². The van der Waals surface area contributed by atoms with Crippen LogP contribution in [0.3, 0.4) is 0 Å². The van der Waals surface area contributed by atoms with Crippen LogP contribution >= 0.6 is 8.81 Å². The molecule has 0 saturated carbocycles. The Hall–Kier alpha value is 0.190. The second-order valence-corrected chi connectivity index (χ2v) is 3.36. The van der Waals surface area contributed by atoms with Crippen LogP contribution < -0.4 is 17.2 Å². The fraction of sp³-hybridized carbons (Fsp3) is 1.00. The Kier molecular flexibility index (Phi) is 1.95. The maximum absolute atomic E-state index is 5.48. The van der Waals surface area contributed by atoms with Crippen molar-refractivity contribution < 1.29 is 14.3 Å². The number of nitrogens with two attached hydrogens (primary N) is 3. The molecule has 6 N–H and O–H groups in total. The number of rotatable bonds is 2. The molecule has 0 bridgehead atoms. The molecular formula is C3H10N3O3P. The van der Waals surface area contributed by atoms with Crippen molar-refractivity contribution in [2.75, 3.05) is 7.11 Å². The van der Waals surface area contributed by atoms with E-state index in [-0.39, 0.29) is 8.81 Å². The minimum atomic E-state index is -1.43. The van der Waals surface area contributed by atoms with Gasteiger partial charge in [-0.05, 0) is 0 Å². The van der Waals surface area contributed by atoms with Crippen LogP contribution in [0.5, 0.6) is 0 Å². The van der Waals surface area contributed by atoms with Crippen LogP contribution in [0.2, 0.25) is 0 Å². The van der Waals surface area contributed by atoms with E-state index in [2.05, 4.69) is 9.78 Å². The van der Waals surface area contributed by atoms with Gasteiger partial charge in [-0.3, -0.25) is 17.2 Å². The van der Waals surface area contributed by atoms with E-state index in [0.29, 0.717) is 0 Å². The third-order valence-corrected chi connectivity index (χ3v) is 2.13. The van der Waals surface area contributed by atoms with Crippen molar-refractivity contribution in [1.82, 2.24) is 0 Å². The molecule has 0 amide bonds. The summed E-state index contributed by atoms with van der Waals surface area (Å²) in [7, 11) is 1.34. The summed E-state index contributed by atoms with van der Waals surface area (Å²) in [5, 5.41) is 0. The van der Waals surface area contributed by atoms with Gasteiger partial charge in [-0.25, -0.2) is 0 Å². The predicted octanol–water partition coefficient (Wildman–Crippen LogP) is -1.63. The van der Waals surface area contributed by atoms with Gasteiger partial charge < -0.3 is 4.52 Å². The Labute approximate surface area is 59.8 Å². The van der Waals surface area contributed by atoms with Gasteiger partial charge in [0.25, 0.3) is 11.3 Å². The van der Waals surface area contributed by atoms with Crippen LogP contribution in [-0.2, 0) is 14.3 Å². The van der Waals surface area contributed by atoms with Crippen LogP contribution in [0.4, 0.5) is 0 Å². The van der Waals surface area contributed by atoms with E-state index in [4.69, 9.17) is 21.7 Å². The van der Waals surface area contributed by atoms with E-state index in [1.54, 1.807) is 0 Å². The van der Waals surface area contributed by atoms with E-state index in [0.717, 1.165) is 0 Å². The Bertz CT molecular complexity index is 143. The lowest BCUT2D eigenvalue weighted by Crippen LogP contribution is -2.79. The largest absolute Gasteiger partial charge is 0.361 e. The second-order valence-electron chi connectivity index (χ2n) is 2.00. The summed E-state index contributed by atoms with van der Waals surface area (Å²) in [5.74, 6) is -1.43. The van der Waals surface area contributed by atoms with Crippen LogP contribution in [0.25, 0.3) is 0 Å². The third-order valence-electron chi connectivity index (χ3n) is 1.15. The maximum Gasteiger partial charge on any atom is 0.255 e. The zero-order valence-electron chi connectivity index (χ0n) is 5.46. The average Bonchev–Trinajstić information content (AvgIpc) is 1.86. The van der Waals surface area contributed by atoms with Crippen molar-refractivity contribution in [1.29, 1.82) is 0 Å². The van der Waals surface area contributed by atoms with Crippen LogP contribution in [0, 0.1) is 0 Å². The predicted molar refractivity (Wildman–Crippen MR) is 35.5 cm³/mol. The number of hydrogen-bond acceptors (Lipinski definition) is 6. The molecule has 0 aromatic heterocycles. The maximum atomic E-state index is 5.48. The molecule has 1 aliphatic rings. The van der Waals surface area contributed by atoms with E-state index in [1.807, 2.05) is 0 Å². The zero-order chi connectivity index (χ0) is 7.83. The van der Waals surface area contributed by atoms with E-state index >= 15 is 0 Å². The SMILES string of the molecule is COPC1(N)OOC1(N)N. The summed E-state index contributed by atoms with van der Waals surface area (Å²) in [4.78, 5) is 8.83. The molecule has 1 heterocycles. The fourth-order valence-electron chi connectivity index (χ4n) is 0.476. The van der Waals surface area contributed by atoms with Gasteiger partial charge in [-0.15, -0.1) is 0 Å². The molecule has 10 heavy (non-hydrogen) atoms. The van der Waals surface area contributed by atoms with Crippen LogP contribution in [-0.4, -0.2) is 18.4 Å². The van der Waals surface area contributed by atoms with Crippen molar-refractivity contribution in [2.24, 2.45) is 17.2 Å². The molecule has 2 atom stereocenters. The minimum Gasteiger partial charge on any atom is -0.361 e. The highest BCUT2D eigenvalue weighted by molar-refractivity contribution is 7.34. The number of hydrogen-bond donors (Lipinski definition) is 3. The Morgan fingerprint density at radius 3 is 2.00 bits per heavy atom. The smallest absolute Gasteiger partial charge is 0.255 e. The third kappa shape index (κ3) is 1.04. The summed E-state index contributed by atoms with van der Waals surface area (Å²) < 4.78 is 4.72. The fourth-order valence-corrected chi connectivity index (χ4v) is 1.06. The summed E-state index contributed by atoms with van der Waals surface area (Å²) in [5.41, 5.74) is 14.9. The standard InChI is InChI=1S/C3H10N3O3P/c1-7-10-3(6)2(4,5)8-9-3/h10H,4-6H2,1H3. The minimum absolute atomic E-state index is 0.140. The lowest BCUT2D eigenvalue weighted by molar-refractivity contribution is -0.524. The Morgan fingerprint density at radius 1 is 1.30 bits per heavy atom. The summed E-state index contributed by atoms with van der Waals surface area (Å²) in [6, 6.07) is 0. The topological polar surface area (TPSA) is 106 Å². The molecule has 60 valence electrons. The van der Waals surface area contributed by atoms with Gasteiger partial charge in [0, 0.05) is 7.11 Å². The van der Waals surface area contributed by atoms with Gasteiger partial charge in [0.2, 0.25) is 0 Å². The van der Waals surface area contributed by atoms with Gasteiger partial charge in [-0.1, -0.05) is 0 Å². The molecule has 1 fully saturated rings. The molecule has 1 rings (SSSR count). The lowest BCUT2D eigenvalue weighted by Gasteiger charge is -2.47. The van der Waals surface area contributed by atoms with Gasteiger partial charge >= 0.3 is 0 Å². The Morgan fingerprint density at radius 2 is 1.90 bits per heavy atom.